The van der Waals surface area contributed by atoms with Crippen molar-refractivity contribution in [3.63, 3.8) is 0 Å². The number of halogens is 1. The summed E-state index contributed by atoms with van der Waals surface area (Å²) in [4.78, 5) is 23.5. The van der Waals surface area contributed by atoms with Crippen LogP contribution in [0.4, 0.5) is 4.79 Å². The first-order valence-corrected chi connectivity index (χ1v) is 11.3. The average Bonchev–Trinajstić information content (AvgIpc) is 3.21. The van der Waals surface area contributed by atoms with Crippen LogP contribution in [0.25, 0.3) is 11.3 Å². The van der Waals surface area contributed by atoms with Crippen molar-refractivity contribution in [3.8, 4) is 11.3 Å². The van der Waals surface area contributed by atoms with Gasteiger partial charge in [0, 0.05) is 21.8 Å². The van der Waals surface area contributed by atoms with Crippen molar-refractivity contribution < 1.29 is 9.53 Å². The average molecular weight is 464 g/mol. The number of fused-ring (bicyclic) bond motifs is 4. The lowest BCUT2D eigenvalue weighted by Crippen LogP contribution is -2.34. The number of carbonyl (C=O) groups is 1. The van der Waals surface area contributed by atoms with Gasteiger partial charge in [-0.3, -0.25) is 4.90 Å². The molecule has 2 fully saturated rings. The Bertz CT molecular complexity index is 1130. The number of hydrogen-bond donors (Lipinski definition) is 1. The molecular formula is C24H22BrN3O2. The van der Waals surface area contributed by atoms with Gasteiger partial charge >= 0.3 is 6.09 Å². The molecule has 3 atom stereocenters. The summed E-state index contributed by atoms with van der Waals surface area (Å²) in [6.45, 7) is 0.303. The van der Waals surface area contributed by atoms with Crippen molar-refractivity contribution in [2.45, 2.75) is 44.4 Å². The number of nitrogens with one attached hydrogen (secondary N) is 1. The van der Waals surface area contributed by atoms with Gasteiger partial charge in [0.25, 0.3) is 0 Å². The number of rotatable bonds is 3. The molecule has 1 saturated heterocycles. The van der Waals surface area contributed by atoms with Crippen LogP contribution in [0.1, 0.15) is 41.5 Å². The largest absolute Gasteiger partial charge is 0.445 e. The molecule has 1 saturated carbocycles. The molecule has 1 aliphatic heterocycles. The highest BCUT2D eigenvalue weighted by Gasteiger charge is 2.56. The lowest BCUT2D eigenvalue weighted by molar-refractivity contribution is 0.0833. The number of aryl methyl sites for hydroxylation is 2. The molecule has 1 aromatic heterocycles. The van der Waals surface area contributed by atoms with E-state index in [-0.39, 0.29) is 12.1 Å². The summed E-state index contributed by atoms with van der Waals surface area (Å²) >= 11 is 3.57. The van der Waals surface area contributed by atoms with E-state index in [0.717, 1.165) is 47.2 Å². The highest BCUT2D eigenvalue weighted by atomic mass is 79.9. The second kappa shape index (κ2) is 6.98. The number of hydrogen-bond acceptors (Lipinski definition) is 3. The molecule has 2 unspecified atom stereocenters. The molecular weight excluding hydrogens is 442 g/mol. The standard InChI is InChI=1S/C24H22BrN3O2/c25-17-7-8-18-15(10-17)6-9-19-22(18)27-23(26-19)21-12-16-11-20(16)28(21)24(29)30-13-14-4-2-1-3-5-14/h1-5,7-8,10,16,20-21H,6,9,11-13H2,(H,26,27)/t16?,20?,21-/m0/s1. The second-order valence-corrected chi connectivity index (χ2v) is 9.43. The first-order valence-electron chi connectivity index (χ1n) is 10.5. The maximum atomic E-state index is 13.0. The monoisotopic (exact) mass is 463 g/mol. The SMILES string of the molecule is O=C(OCc1ccccc1)N1C2CC2C[C@H]1c1nc2c([nH]1)CCc1cc(Br)ccc1-2. The quantitative estimate of drug-likeness (QED) is 0.564. The Kier molecular flexibility index (Phi) is 4.23. The molecule has 6 heteroatoms. The fourth-order valence-electron chi connectivity index (χ4n) is 5.01. The first kappa shape index (κ1) is 18.2. The molecule has 6 rings (SSSR count). The zero-order valence-corrected chi connectivity index (χ0v) is 18.1. The third-order valence-electron chi connectivity index (χ3n) is 6.60. The first-order chi connectivity index (χ1) is 14.7. The third kappa shape index (κ3) is 3.05. The molecule has 30 heavy (non-hydrogen) atoms. The van der Waals surface area contributed by atoms with E-state index in [0.29, 0.717) is 18.6 Å². The molecule has 2 heterocycles. The van der Waals surface area contributed by atoms with Crippen LogP contribution in [0.15, 0.2) is 53.0 Å². The Morgan fingerprint density at radius 2 is 2.03 bits per heavy atom. The summed E-state index contributed by atoms with van der Waals surface area (Å²) in [5.74, 6) is 1.48. The number of aromatic amines is 1. The molecule has 5 nitrogen and oxygen atoms in total. The van der Waals surface area contributed by atoms with Crippen molar-refractivity contribution in [2.24, 2.45) is 5.92 Å². The van der Waals surface area contributed by atoms with Crippen LogP contribution < -0.4 is 0 Å². The Morgan fingerprint density at radius 1 is 1.17 bits per heavy atom. The summed E-state index contributed by atoms with van der Waals surface area (Å²) in [7, 11) is 0. The lowest BCUT2D eigenvalue weighted by atomic mass is 9.92. The normalized spacial score (nSPS) is 23.5. The molecule has 0 bridgehead atoms. The van der Waals surface area contributed by atoms with Crippen LogP contribution in [-0.2, 0) is 24.2 Å². The van der Waals surface area contributed by atoms with Gasteiger partial charge < -0.3 is 9.72 Å². The van der Waals surface area contributed by atoms with Crippen molar-refractivity contribution >= 4 is 22.0 Å². The molecule has 2 aliphatic carbocycles. The maximum absolute atomic E-state index is 13.0. The Balaban J connectivity index is 1.26. The zero-order valence-electron chi connectivity index (χ0n) is 16.5. The van der Waals surface area contributed by atoms with E-state index in [1.807, 2.05) is 35.2 Å². The molecule has 1 amide bonds. The van der Waals surface area contributed by atoms with E-state index in [1.165, 1.54) is 16.8 Å². The Labute approximate surface area is 183 Å². The number of ether oxygens (including phenoxy) is 1. The minimum Gasteiger partial charge on any atom is -0.445 e. The number of H-pyrrole nitrogens is 1. The second-order valence-electron chi connectivity index (χ2n) is 8.51. The molecule has 3 aromatic rings. The van der Waals surface area contributed by atoms with Gasteiger partial charge in [0.15, 0.2) is 0 Å². The summed E-state index contributed by atoms with van der Waals surface area (Å²) in [6.07, 6.45) is 3.76. The summed E-state index contributed by atoms with van der Waals surface area (Å²) in [5, 5.41) is 0. The molecule has 0 radical (unpaired) electrons. The van der Waals surface area contributed by atoms with Gasteiger partial charge in [0.2, 0.25) is 0 Å². The van der Waals surface area contributed by atoms with Gasteiger partial charge in [-0.05, 0) is 54.9 Å². The fourth-order valence-corrected chi connectivity index (χ4v) is 5.42. The summed E-state index contributed by atoms with van der Waals surface area (Å²) in [6, 6.07) is 16.5. The number of piperidine rings is 1. The van der Waals surface area contributed by atoms with Crippen molar-refractivity contribution in [2.75, 3.05) is 0 Å². The van der Waals surface area contributed by atoms with Gasteiger partial charge in [-0.25, -0.2) is 9.78 Å². The van der Waals surface area contributed by atoms with Gasteiger partial charge in [0.1, 0.15) is 12.4 Å². The van der Waals surface area contributed by atoms with Crippen molar-refractivity contribution in [1.29, 1.82) is 0 Å². The molecule has 152 valence electrons. The van der Waals surface area contributed by atoms with Crippen LogP contribution in [0.5, 0.6) is 0 Å². The number of nitrogens with zero attached hydrogens (tertiary/aromatic N) is 2. The number of imidazole rings is 1. The Morgan fingerprint density at radius 3 is 2.90 bits per heavy atom. The highest BCUT2D eigenvalue weighted by molar-refractivity contribution is 9.10. The van der Waals surface area contributed by atoms with Gasteiger partial charge in [-0.2, -0.15) is 0 Å². The summed E-state index contributed by atoms with van der Waals surface area (Å²) in [5.41, 5.74) is 5.74. The van der Waals surface area contributed by atoms with Gasteiger partial charge in [-0.1, -0.05) is 52.3 Å². The molecule has 3 aliphatic rings. The minimum absolute atomic E-state index is 0.0264. The van der Waals surface area contributed by atoms with Crippen LogP contribution >= 0.6 is 15.9 Å². The van der Waals surface area contributed by atoms with E-state index in [2.05, 4.69) is 39.1 Å². The smallest absolute Gasteiger partial charge is 0.410 e. The third-order valence-corrected chi connectivity index (χ3v) is 7.09. The number of amides is 1. The van der Waals surface area contributed by atoms with E-state index in [4.69, 9.17) is 9.72 Å². The maximum Gasteiger partial charge on any atom is 0.410 e. The van der Waals surface area contributed by atoms with Crippen molar-refractivity contribution in [1.82, 2.24) is 14.9 Å². The van der Waals surface area contributed by atoms with E-state index in [9.17, 15) is 4.79 Å². The molecule has 0 spiro atoms. The van der Waals surface area contributed by atoms with E-state index >= 15 is 0 Å². The molecule has 1 N–H and O–H groups in total. The van der Waals surface area contributed by atoms with Crippen molar-refractivity contribution in [3.05, 3.63) is 75.6 Å². The summed E-state index contributed by atoms with van der Waals surface area (Å²) < 4.78 is 6.77. The Hall–Kier alpha value is -2.60. The van der Waals surface area contributed by atoms with Gasteiger partial charge in [-0.15, -0.1) is 0 Å². The highest BCUT2D eigenvalue weighted by Crippen LogP contribution is 2.53. The number of carbonyl (C=O) groups excluding carboxylic acids is 1. The van der Waals surface area contributed by atoms with Crippen LogP contribution in [0.2, 0.25) is 0 Å². The molecule has 2 aromatic carbocycles. The number of aromatic nitrogens is 2. The van der Waals surface area contributed by atoms with E-state index in [1.54, 1.807) is 0 Å². The predicted molar refractivity (Wildman–Crippen MR) is 117 cm³/mol. The predicted octanol–water partition coefficient (Wildman–Crippen LogP) is 5.41. The number of benzene rings is 2. The van der Waals surface area contributed by atoms with Crippen LogP contribution in [0.3, 0.4) is 0 Å². The fraction of sp³-hybridized carbons (Fsp3) is 0.333. The minimum atomic E-state index is -0.229. The lowest BCUT2D eigenvalue weighted by Gasteiger charge is -2.25. The van der Waals surface area contributed by atoms with Crippen LogP contribution in [-0.4, -0.2) is 27.0 Å². The van der Waals surface area contributed by atoms with E-state index < -0.39 is 0 Å². The van der Waals surface area contributed by atoms with Gasteiger partial charge in [0.05, 0.1) is 11.7 Å². The zero-order chi connectivity index (χ0) is 20.2. The number of likely N-dealkylation sites (tertiary alicyclic amines) is 1. The topological polar surface area (TPSA) is 58.2 Å². The van der Waals surface area contributed by atoms with Crippen LogP contribution in [0, 0.1) is 5.92 Å².